The zero-order valence-corrected chi connectivity index (χ0v) is 42.3. The molecule has 0 atom stereocenters. The Morgan fingerprint density at radius 2 is 0.895 bits per heavy atom. The minimum Gasteiger partial charge on any atom is -0.310 e. The van der Waals surface area contributed by atoms with Crippen LogP contribution in [-0.2, 0) is 10.8 Å². The second kappa shape index (κ2) is 16.0. The Balaban J connectivity index is 0.907. The fourth-order valence-electron chi connectivity index (χ4n) is 14.3. The number of hydrogen-bond acceptors (Lipinski definition) is 1. The second-order valence-electron chi connectivity index (χ2n) is 21.3. The summed E-state index contributed by atoms with van der Waals surface area (Å²) < 4.78 is 2.57. The van der Waals surface area contributed by atoms with Crippen molar-refractivity contribution in [2.75, 3.05) is 4.90 Å². The lowest BCUT2D eigenvalue weighted by Crippen LogP contribution is -2.33. The summed E-state index contributed by atoms with van der Waals surface area (Å²) in [5.41, 5.74) is 26.5. The number of benzene rings is 12. The van der Waals surface area contributed by atoms with Gasteiger partial charge >= 0.3 is 0 Å². The van der Waals surface area contributed by atoms with Gasteiger partial charge in [0.25, 0.3) is 0 Å². The summed E-state index contributed by atoms with van der Waals surface area (Å²) in [5, 5.41) is 5.02. The van der Waals surface area contributed by atoms with Crippen molar-refractivity contribution in [1.29, 1.82) is 0 Å². The Hall–Kier alpha value is -9.50. The maximum Gasteiger partial charge on any atom is 0.0754 e. The summed E-state index contributed by atoms with van der Waals surface area (Å²) in [6.07, 6.45) is 0. The molecule has 12 aromatic carbocycles. The highest BCUT2D eigenvalue weighted by Crippen LogP contribution is 2.62. The monoisotopic (exact) mass is 966 g/mol. The molecule has 3 aliphatic rings. The molecule has 0 bridgehead atoms. The number of aromatic nitrogens is 1. The van der Waals surface area contributed by atoms with E-state index >= 15 is 0 Å². The minimum atomic E-state index is -0.532. The maximum atomic E-state index is 2.57. The van der Waals surface area contributed by atoms with Crippen molar-refractivity contribution >= 4 is 49.6 Å². The van der Waals surface area contributed by atoms with Crippen molar-refractivity contribution in [2.24, 2.45) is 0 Å². The molecule has 356 valence electrons. The third kappa shape index (κ3) is 5.71. The Morgan fingerprint density at radius 1 is 0.329 bits per heavy atom. The molecule has 1 aromatic heterocycles. The predicted octanol–water partition coefficient (Wildman–Crippen LogP) is 18.7. The number of hydrogen-bond donors (Lipinski definition) is 0. The molecule has 0 unspecified atom stereocenters. The summed E-state index contributed by atoms with van der Waals surface area (Å²) in [6.45, 7) is 4.49. The highest BCUT2D eigenvalue weighted by molar-refractivity contribution is 6.13. The van der Waals surface area contributed by atoms with Gasteiger partial charge in [-0.1, -0.05) is 217 Å². The normalized spacial score (nSPS) is 13.9. The zero-order chi connectivity index (χ0) is 50.3. The third-order valence-corrected chi connectivity index (χ3v) is 17.3. The van der Waals surface area contributed by atoms with E-state index in [0.29, 0.717) is 0 Å². The Kier molecular flexibility index (Phi) is 9.04. The average molecular weight is 967 g/mol. The van der Waals surface area contributed by atoms with E-state index in [-0.39, 0.29) is 0 Å². The van der Waals surface area contributed by atoms with Gasteiger partial charge in [-0.05, 0) is 158 Å². The highest BCUT2D eigenvalue weighted by Gasteiger charge is 2.51. The number of rotatable bonds is 6. The van der Waals surface area contributed by atoms with Crippen molar-refractivity contribution < 1.29 is 0 Å². The summed E-state index contributed by atoms with van der Waals surface area (Å²) in [5.74, 6) is 0. The molecule has 13 aromatic rings. The smallest absolute Gasteiger partial charge is 0.0754 e. The quantitative estimate of drug-likeness (QED) is 0.161. The van der Waals surface area contributed by atoms with Crippen LogP contribution in [-0.4, -0.2) is 4.57 Å². The molecule has 0 radical (unpaired) electrons. The molecular weight excluding hydrogens is 917 g/mol. The van der Waals surface area contributed by atoms with Crippen LogP contribution in [0.15, 0.2) is 267 Å². The first kappa shape index (κ1) is 43.0. The molecule has 2 heterocycles. The molecule has 2 heteroatoms. The van der Waals surface area contributed by atoms with Gasteiger partial charge in [-0.3, -0.25) is 0 Å². The van der Waals surface area contributed by atoms with Crippen LogP contribution in [0.3, 0.4) is 0 Å². The Bertz CT molecular complexity index is 4450. The number of nitrogens with zero attached hydrogens (tertiary/aromatic N) is 2. The van der Waals surface area contributed by atoms with Gasteiger partial charge in [0, 0.05) is 27.5 Å². The lowest BCUT2D eigenvalue weighted by Gasteiger charge is -2.40. The van der Waals surface area contributed by atoms with E-state index in [9.17, 15) is 0 Å². The SMILES string of the molecule is Cc1ccc2c(c1)c1cc(C)cc3c1n2-c1ccc(-c2ccc(N(c4ccc5c(c4)C(c4ccccc4)(c4ccccc4)c4ccccc4-5)c4cccc5ccccc45)cc2)cc1C31c2ccccc2-c2ccccc21. The summed E-state index contributed by atoms with van der Waals surface area (Å²) in [6, 6.07) is 101. The van der Waals surface area contributed by atoms with Crippen LogP contribution in [0.2, 0.25) is 0 Å². The molecule has 1 spiro atoms. The molecule has 1 aliphatic heterocycles. The maximum absolute atomic E-state index is 2.57. The predicted molar refractivity (Wildman–Crippen MR) is 316 cm³/mol. The average Bonchev–Trinajstić information content (AvgIpc) is 4.24. The van der Waals surface area contributed by atoms with Crippen molar-refractivity contribution in [3.8, 4) is 39.1 Å². The molecule has 0 saturated heterocycles. The van der Waals surface area contributed by atoms with Crippen LogP contribution in [0.4, 0.5) is 17.1 Å². The number of aryl methyl sites for hydroxylation is 2. The Labute approximate surface area is 443 Å². The molecule has 16 rings (SSSR count). The van der Waals surface area contributed by atoms with Crippen molar-refractivity contribution in [3.05, 3.63) is 323 Å². The van der Waals surface area contributed by atoms with Crippen LogP contribution >= 0.6 is 0 Å². The molecule has 0 saturated carbocycles. The number of fused-ring (bicyclic) bond motifs is 16. The van der Waals surface area contributed by atoms with E-state index in [1.165, 1.54) is 127 Å². The highest BCUT2D eigenvalue weighted by atomic mass is 15.1. The molecule has 76 heavy (non-hydrogen) atoms. The largest absolute Gasteiger partial charge is 0.310 e. The van der Waals surface area contributed by atoms with Gasteiger partial charge in [0.05, 0.1) is 33.2 Å². The van der Waals surface area contributed by atoms with Gasteiger partial charge in [0.1, 0.15) is 0 Å². The van der Waals surface area contributed by atoms with Crippen LogP contribution in [0.5, 0.6) is 0 Å². The lowest BCUT2D eigenvalue weighted by atomic mass is 9.65. The van der Waals surface area contributed by atoms with Crippen LogP contribution in [0.1, 0.15) is 55.6 Å². The van der Waals surface area contributed by atoms with Crippen molar-refractivity contribution in [3.63, 3.8) is 0 Å². The van der Waals surface area contributed by atoms with Gasteiger partial charge in [-0.25, -0.2) is 0 Å². The third-order valence-electron chi connectivity index (χ3n) is 17.3. The topological polar surface area (TPSA) is 8.17 Å². The fourth-order valence-corrected chi connectivity index (χ4v) is 14.3. The van der Waals surface area contributed by atoms with Crippen molar-refractivity contribution in [2.45, 2.75) is 24.7 Å². The first-order valence-corrected chi connectivity index (χ1v) is 26.7. The summed E-state index contributed by atoms with van der Waals surface area (Å²) in [4.78, 5) is 2.48. The zero-order valence-electron chi connectivity index (χ0n) is 42.3. The Morgan fingerprint density at radius 3 is 1.59 bits per heavy atom. The van der Waals surface area contributed by atoms with Gasteiger partial charge < -0.3 is 9.47 Å². The van der Waals surface area contributed by atoms with Crippen LogP contribution in [0.25, 0.3) is 71.6 Å². The van der Waals surface area contributed by atoms with E-state index < -0.39 is 10.8 Å². The van der Waals surface area contributed by atoms with Gasteiger partial charge in [-0.2, -0.15) is 0 Å². The van der Waals surface area contributed by atoms with E-state index in [0.717, 1.165) is 17.1 Å². The molecule has 0 amide bonds. The van der Waals surface area contributed by atoms with Gasteiger partial charge in [0.2, 0.25) is 0 Å². The lowest BCUT2D eigenvalue weighted by molar-refractivity contribution is 0.748. The van der Waals surface area contributed by atoms with Crippen LogP contribution in [0, 0.1) is 13.8 Å². The molecule has 0 N–H and O–H groups in total. The molecule has 2 nitrogen and oxygen atoms in total. The molecule has 0 fully saturated rings. The summed E-state index contributed by atoms with van der Waals surface area (Å²) >= 11 is 0. The first-order chi connectivity index (χ1) is 37.5. The van der Waals surface area contributed by atoms with Crippen molar-refractivity contribution in [1.82, 2.24) is 4.57 Å². The minimum absolute atomic E-state index is 0.528. The molecular formula is C74H50N2. The second-order valence-corrected chi connectivity index (χ2v) is 21.3. The van der Waals surface area contributed by atoms with E-state index in [1.807, 2.05) is 0 Å². The van der Waals surface area contributed by atoms with Gasteiger partial charge in [0.15, 0.2) is 0 Å². The van der Waals surface area contributed by atoms with Gasteiger partial charge in [-0.15, -0.1) is 0 Å². The van der Waals surface area contributed by atoms with E-state index in [2.05, 4.69) is 290 Å². The van der Waals surface area contributed by atoms with E-state index in [1.54, 1.807) is 0 Å². The summed E-state index contributed by atoms with van der Waals surface area (Å²) in [7, 11) is 0. The first-order valence-electron chi connectivity index (χ1n) is 26.7. The van der Waals surface area contributed by atoms with Crippen LogP contribution < -0.4 is 4.90 Å². The molecule has 2 aliphatic carbocycles. The fraction of sp³-hybridized carbons (Fsp3) is 0.0541. The number of anilines is 3. The standard InChI is InChI=1S/C74H50N2/c1-47-32-40-70-61(42-47)62-43-48(2)44-68-72(62)76(70)71-41-35-51(45-67(71)74(68)64-29-15-12-25-57(64)58-26-13-16-30-65(58)74)49-33-36-54(37-34-49)75(69-31-17-19-50-18-9-10-24-56(50)69)55-38-39-60-59-27-11-14-28-63(59)73(66(60)46-55,52-20-5-3-6-21-52)53-22-7-4-8-23-53/h3-46H,1-2H3. The van der Waals surface area contributed by atoms with E-state index in [4.69, 9.17) is 0 Å².